The zero-order chi connectivity index (χ0) is 15.2. The fourth-order valence-electron chi connectivity index (χ4n) is 1.83. The average Bonchev–Trinajstić information content (AvgIpc) is 2.93. The lowest BCUT2D eigenvalue weighted by molar-refractivity contribution is -0.111. The monoisotopic (exact) mass is 284 g/mol. The number of carbonyl (C=O) groups is 1. The van der Waals surface area contributed by atoms with E-state index in [0.29, 0.717) is 5.82 Å². The van der Waals surface area contributed by atoms with E-state index in [0.717, 1.165) is 23.4 Å². The van der Waals surface area contributed by atoms with Crippen molar-refractivity contribution in [3.63, 3.8) is 0 Å². The third-order valence-corrected chi connectivity index (χ3v) is 3.10. The Morgan fingerprint density at radius 1 is 1.33 bits per heavy atom. The molecule has 1 amide bonds. The van der Waals surface area contributed by atoms with Gasteiger partial charge in [-0.2, -0.15) is 5.10 Å². The standard InChI is InChI=1S/C16H20N4O/c1-4-13-11-15(19-18-13)17-16(21)10-7-12-5-8-14(9-6-12)20(2)3/h5-11H,4H2,1-3H3,(H2,17,18,19,21)/b10-7+. The molecule has 5 nitrogen and oxygen atoms in total. The number of hydrogen-bond donors (Lipinski definition) is 2. The number of benzene rings is 1. The van der Waals surface area contributed by atoms with Gasteiger partial charge in [0.05, 0.1) is 0 Å². The Bertz CT molecular complexity index is 626. The van der Waals surface area contributed by atoms with E-state index in [9.17, 15) is 4.79 Å². The second kappa shape index (κ2) is 6.74. The topological polar surface area (TPSA) is 61.0 Å². The van der Waals surface area contributed by atoms with E-state index in [1.807, 2.05) is 56.3 Å². The average molecular weight is 284 g/mol. The van der Waals surface area contributed by atoms with Crippen LogP contribution in [-0.2, 0) is 11.2 Å². The predicted molar refractivity (Wildman–Crippen MR) is 86.4 cm³/mol. The van der Waals surface area contributed by atoms with Gasteiger partial charge in [0.1, 0.15) is 0 Å². The first-order chi connectivity index (χ1) is 10.1. The van der Waals surface area contributed by atoms with E-state index in [2.05, 4.69) is 15.5 Å². The molecule has 21 heavy (non-hydrogen) atoms. The molecule has 0 spiro atoms. The molecule has 1 heterocycles. The van der Waals surface area contributed by atoms with Crippen LogP contribution in [0, 0.1) is 0 Å². The van der Waals surface area contributed by atoms with Gasteiger partial charge in [0, 0.05) is 37.6 Å². The van der Waals surface area contributed by atoms with E-state index in [1.54, 1.807) is 6.08 Å². The van der Waals surface area contributed by atoms with Crippen molar-refractivity contribution in [1.82, 2.24) is 10.2 Å². The van der Waals surface area contributed by atoms with Crippen molar-refractivity contribution >= 4 is 23.5 Å². The number of carbonyl (C=O) groups excluding carboxylic acids is 1. The lowest BCUT2D eigenvalue weighted by Gasteiger charge is -2.11. The normalized spacial score (nSPS) is 10.8. The molecule has 5 heteroatoms. The minimum absolute atomic E-state index is 0.194. The first kappa shape index (κ1) is 14.8. The molecule has 0 atom stereocenters. The number of amides is 1. The Balaban J connectivity index is 1.95. The maximum Gasteiger partial charge on any atom is 0.249 e. The highest BCUT2D eigenvalue weighted by Gasteiger charge is 2.02. The van der Waals surface area contributed by atoms with Gasteiger partial charge in [0.2, 0.25) is 5.91 Å². The number of nitrogens with zero attached hydrogens (tertiary/aromatic N) is 2. The SMILES string of the molecule is CCc1cc(NC(=O)/C=C/c2ccc(N(C)C)cc2)n[nH]1. The van der Waals surface area contributed by atoms with Gasteiger partial charge in [-0.25, -0.2) is 0 Å². The summed E-state index contributed by atoms with van der Waals surface area (Å²) in [6.07, 6.45) is 4.14. The molecule has 2 aromatic rings. The molecule has 1 aromatic carbocycles. The van der Waals surface area contributed by atoms with Crippen LogP contribution in [0.25, 0.3) is 6.08 Å². The van der Waals surface area contributed by atoms with Gasteiger partial charge >= 0.3 is 0 Å². The Labute approximate surface area is 124 Å². The maximum atomic E-state index is 11.8. The lowest BCUT2D eigenvalue weighted by atomic mass is 10.2. The molecule has 0 saturated heterocycles. The summed E-state index contributed by atoms with van der Waals surface area (Å²) in [5.74, 6) is 0.352. The highest BCUT2D eigenvalue weighted by Crippen LogP contribution is 2.13. The highest BCUT2D eigenvalue weighted by atomic mass is 16.1. The molecule has 2 N–H and O–H groups in total. The van der Waals surface area contributed by atoms with Crippen molar-refractivity contribution in [2.45, 2.75) is 13.3 Å². The second-order valence-corrected chi connectivity index (χ2v) is 4.94. The van der Waals surface area contributed by atoms with Crippen LogP contribution in [0.15, 0.2) is 36.4 Å². The largest absolute Gasteiger partial charge is 0.378 e. The number of aromatic nitrogens is 2. The molecular formula is C16H20N4O. The van der Waals surface area contributed by atoms with Crippen LogP contribution in [0.2, 0.25) is 0 Å². The van der Waals surface area contributed by atoms with Crippen molar-refractivity contribution in [3.8, 4) is 0 Å². The number of rotatable bonds is 5. The zero-order valence-electron chi connectivity index (χ0n) is 12.6. The van der Waals surface area contributed by atoms with E-state index >= 15 is 0 Å². The van der Waals surface area contributed by atoms with Crippen LogP contribution in [0.3, 0.4) is 0 Å². The van der Waals surface area contributed by atoms with Crippen LogP contribution in [0.1, 0.15) is 18.2 Å². The van der Waals surface area contributed by atoms with Gasteiger partial charge in [0.25, 0.3) is 0 Å². The van der Waals surface area contributed by atoms with E-state index in [-0.39, 0.29) is 5.91 Å². The van der Waals surface area contributed by atoms with E-state index < -0.39 is 0 Å². The Morgan fingerprint density at radius 3 is 2.62 bits per heavy atom. The van der Waals surface area contributed by atoms with Crippen molar-refractivity contribution < 1.29 is 4.79 Å². The number of hydrogen-bond acceptors (Lipinski definition) is 3. The number of H-pyrrole nitrogens is 1. The fourth-order valence-corrected chi connectivity index (χ4v) is 1.83. The van der Waals surface area contributed by atoms with Gasteiger partial charge in [-0.3, -0.25) is 9.89 Å². The van der Waals surface area contributed by atoms with Crippen molar-refractivity contribution in [3.05, 3.63) is 47.7 Å². The molecule has 0 fully saturated rings. The van der Waals surface area contributed by atoms with Crippen molar-refractivity contribution in [2.75, 3.05) is 24.3 Å². The van der Waals surface area contributed by atoms with Crippen LogP contribution >= 0.6 is 0 Å². The summed E-state index contributed by atoms with van der Waals surface area (Å²) < 4.78 is 0. The maximum absolute atomic E-state index is 11.8. The molecule has 0 aliphatic rings. The number of anilines is 2. The van der Waals surface area contributed by atoms with Gasteiger partial charge in [0.15, 0.2) is 5.82 Å². The first-order valence-electron chi connectivity index (χ1n) is 6.89. The molecule has 0 saturated carbocycles. The smallest absolute Gasteiger partial charge is 0.249 e. The molecule has 0 radical (unpaired) electrons. The molecule has 0 aliphatic carbocycles. The lowest BCUT2D eigenvalue weighted by Crippen LogP contribution is -2.08. The summed E-state index contributed by atoms with van der Waals surface area (Å²) in [6.45, 7) is 2.02. The summed E-state index contributed by atoms with van der Waals surface area (Å²) in [7, 11) is 3.99. The van der Waals surface area contributed by atoms with Crippen molar-refractivity contribution in [2.24, 2.45) is 0 Å². The van der Waals surface area contributed by atoms with Gasteiger partial charge in [-0.1, -0.05) is 19.1 Å². The summed E-state index contributed by atoms with van der Waals surface area (Å²) >= 11 is 0. The predicted octanol–water partition coefficient (Wildman–Crippen LogP) is 2.69. The van der Waals surface area contributed by atoms with Crippen LogP contribution in [-0.4, -0.2) is 30.2 Å². The quantitative estimate of drug-likeness (QED) is 0.830. The number of aryl methyl sites for hydroxylation is 1. The molecule has 0 aliphatic heterocycles. The summed E-state index contributed by atoms with van der Waals surface area (Å²) in [4.78, 5) is 13.8. The summed E-state index contributed by atoms with van der Waals surface area (Å²) in [6, 6.07) is 9.81. The highest BCUT2D eigenvalue weighted by molar-refractivity contribution is 6.01. The molecule has 1 aromatic heterocycles. The van der Waals surface area contributed by atoms with Crippen LogP contribution in [0.4, 0.5) is 11.5 Å². The van der Waals surface area contributed by atoms with Crippen LogP contribution in [0.5, 0.6) is 0 Å². The zero-order valence-corrected chi connectivity index (χ0v) is 12.6. The molecule has 110 valence electrons. The van der Waals surface area contributed by atoms with E-state index in [1.165, 1.54) is 6.08 Å². The Hall–Kier alpha value is -2.56. The molecule has 0 bridgehead atoms. The minimum atomic E-state index is -0.194. The molecule has 2 rings (SSSR count). The van der Waals surface area contributed by atoms with E-state index in [4.69, 9.17) is 0 Å². The molecule has 0 unspecified atom stereocenters. The first-order valence-corrected chi connectivity index (χ1v) is 6.89. The summed E-state index contributed by atoms with van der Waals surface area (Å²) in [5.41, 5.74) is 3.10. The number of nitrogens with one attached hydrogen (secondary N) is 2. The number of aromatic amines is 1. The third-order valence-electron chi connectivity index (χ3n) is 3.10. The summed E-state index contributed by atoms with van der Waals surface area (Å²) in [5, 5.41) is 9.59. The van der Waals surface area contributed by atoms with Gasteiger partial charge in [-0.15, -0.1) is 0 Å². The van der Waals surface area contributed by atoms with Crippen molar-refractivity contribution in [1.29, 1.82) is 0 Å². The molecular weight excluding hydrogens is 264 g/mol. The third kappa shape index (κ3) is 4.21. The Morgan fingerprint density at radius 2 is 2.05 bits per heavy atom. The van der Waals surface area contributed by atoms with Gasteiger partial charge < -0.3 is 10.2 Å². The fraction of sp³-hybridized carbons (Fsp3) is 0.250. The minimum Gasteiger partial charge on any atom is -0.378 e. The Kier molecular flexibility index (Phi) is 4.77. The van der Waals surface area contributed by atoms with Gasteiger partial charge in [-0.05, 0) is 30.2 Å². The van der Waals surface area contributed by atoms with Crippen LogP contribution < -0.4 is 10.2 Å². The second-order valence-electron chi connectivity index (χ2n) is 4.94.